The van der Waals surface area contributed by atoms with E-state index in [4.69, 9.17) is 16.7 Å². The first-order chi connectivity index (χ1) is 8.15. The molecule has 1 aromatic heterocycles. The maximum Gasteiger partial charge on any atom is 0.256 e. The van der Waals surface area contributed by atoms with E-state index >= 15 is 0 Å². The summed E-state index contributed by atoms with van der Waals surface area (Å²) in [6, 6.07) is 7.32. The molecule has 86 valence electrons. The Kier molecular flexibility index (Phi) is 3.20. The Bertz CT molecular complexity index is 543. The first-order valence-electron chi connectivity index (χ1n) is 4.73. The molecule has 1 aromatic carbocycles. The zero-order valence-corrected chi connectivity index (χ0v) is 9.35. The Morgan fingerprint density at radius 2 is 1.94 bits per heavy atom. The van der Waals surface area contributed by atoms with Gasteiger partial charge in [0.1, 0.15) is 23.0 Å². The Hall–Kier alpha value is -2.14. The highest BCUT2D eigenvalue weighted by Gasteiger charge is 2.06. The molecule has 0 fully saturated rings. The number of phenolic OH excluding ortho intramolecular Hbond substituents is 1. The first-order valence-corrected chi connectivity index (χ1v) is 5.11. The van der Waals surface area contributed by atoms with Gasteiger partial charge >= 0.3 is 0 Å². The van der Waals surface area contributed by atoms with E-state index < -0.39 is 0 Å². The Balaban J connectivity index is 2.14. The number of nitrogens with zero attached hydrogens (tertiary/aromatic N) is 2. The minimum atomic E-state index is -0.334. The second-order valence-electron chi connectivity index (χ2n) is 3.23. The summed E-state index contributed by atoms with van der Waals surface area (Å²) < 4.78 is 0. The van der Waals surface area contributed by atoms with Gasteiger partial charge in [-0.2, -0.15) is 0 Å². The van der Waals surface area contributed by atoms with Crippen molar-refractivity contribution in [2.45, 2.75) is 0 Å². The number of rotatable bonds is 2. The number of benzene rings is 1. The topological polar surface area (TPSA) is 75.1 Å². The van der Waals surface area contributed by atoms with Crippen molar-refractivity contribution in [1.82, 2.24) is 9.97 Å². The maximum atomic E-state index is 11.7. The molecule has 5 nitrogen and oxygen atoms in total. The van der Waals surface area contributed by atoms with E-state index in [0.717, 1.165) is 0 Å². The van der Waals surface area contributed by atoms with Gasteiger partial charge in [0.2, 0.25) is 0 Å². The number of carbonyl (C=O) groups excluding carboxylic acids is 1. The SMILES string of the molecule is O=C(Nc1cc(Cl)ncn1)c1ccc(O)cc1. The molecule has 0 unspecified atom stereocenters. The van der Waals surface area contributed by atoms with Gasteiger partial charge in [0.25, 0.3) is 5.91 Å². The van der Waals surface area contributed by atoms with Crippen LogP contribution < -0.4 is 5.32 Å². The molecule has 0 saturated carbocycles. The van der Waals surface area contributed by atoms with Gasteiger partial charge in [0.15, 0.2) is 0 Å². The summed E-state index contributed by atoms with van der Waals surface area (Å²) in [6.07, 6.45) is 1.26. The van der Waals surface area contributed by atoms with Crippen molar-refractivity contribution >= 4 is 23.3 Å². The second kappa shape index (κ2) is 4.80. The third-order valence-corrected chi connectivity index (χ3v) is 2.21. The Labute approximate surface area is 102 Å². The lowest BCUT2D eigenvalue weighted by molar-refractivity contribution is 0.102. The smallest absolute Gasteiger partial charge is 0.256 e. The van der Waals surface area contributed by atoms with Gasteiger partial charge in [-0.05, 0) is 24.3 Å². The van der Waals surface area contributed by atoms with Crippen LogP contribution in [-0.4, -0.2) is 21.0 Å². The summed E-state index contributed by atoms with van der Waals surface area (Å²) in [5, 5.41) is 11.9. The summed E-state index contributed by atoms with van der Waals surface area (Å²) in [5.74, 6) is 0.0921. The average Bonchev–Trinajstić information content (AvgIpc) is 2.29. The summed E-state index contributed by atoms with van der Waals surface area (Å²) in [6.45, 7) is 0. The fraction of sp³-hybridized carbons (Fsp3) is 0. The van der Waals surface area contributed by atoms with Crippen LogP contribution in [0.2, 0.25) is 5.15 Å². The van der Waals surface area contributed by atoms with Crippen LogP contribution >= 0.6 is 11.6 Å². The summed E-state index contributed by atoms with van der Waals surface area (Å²) in [5.41, 5.74) is 0.414. The number of aromatic hydroxyl groups is 1. The standard InChI is InChI=1S/C11H8ClN3O2/c12-9-5-10(14-6-13-9)15-11(17)7-1-3-8(16)4-2-7/h1-6,16H,(H,13,14,15,17). The molecule has 2 N–H and O–H groups in total. The molecule has 0 bridgehead atoms. The van der Waals surface area contributed by atoms with Gasteiger partial charge < -0.3 is 10.4 Å². The molecule has 17 heavy (non-hydrogen) atoms. The molecule has 0 saturated heterocycles. The van der Waals surface area contributed by atoms with Crippen molar-refractivity contribution in [3.63, 3.8) is 0 Å². The van der Waals surface area contributed by atoms with Crippen molar-refractivity contribution in [3.8, 4) is 5.75 Å². The molecule has 0 atom stereocenters. The van der Waals surface area contributed by atoms with Crippen LogP contribution in [0.15, 0.2) is 36.7 Å². The van der Waals surface area contributed by atoms with E-state index in [1.807, 2.05) is 0 Å². The molecular formula is C11H8ClN3O2. The molecule has 1 amide bonds. The minimum absolute atomic E-state index is 0.103. The predicted molar refractivity (Wildman–Crippen MR) is 63.1 cm³/mol. The van der Waals surface area contributed by atoms with E-state index in [0.29, 0.717) is 11.4 Å². The fourth-order valence-electron chi connectivity index (χ4n) is 1.20. The average molecular weight is 250 g/mol. The van der Waals surface area contributed by atoms with Crippen LogP contribution in [0.4, 0.5) is 5.82 Å². The van der Waals surface area contributed by atoms with Gasteiger partial charge in [-0.3, -0.25) is 4.79 Å². The highest BCUT2D eigenvalue weighted by atomic mass is 35.5. The normalized spacial score (nSPS) is 9.94. The number of nitrogens with one attached hydrogen (secondary N) is 1. The quantitative estimate of drug-likeness (QED) is 0.799. The fourth-order valence-corrected chi connectivity index (χ4v) is 1.35. The second-order valence-corrected chi connectivity index (χ2v) is 3.61. The largest absolute Gasteiger partial charge is 0.508 e. The monoisotopic (exact) mass is 249 g/mol. The number of aromatic nitrogens is 2. The van der Waals surface area contributed by atoms with Crippen molar-refractivity contribution in [3.05, 3.63) is 47.4 Å². The van der Waals surface area contributed by atoms with E-state index in [2.05, 4.69) is 15.3 Å². The molecule has 0 spiro atoms. The highest BCUT2D eigenvalue weighted by Crippen LogP contribution is 2.13. The summed E-state index contributed by atoms with van der Waals surface area (Å²) in [7, 11) is 0. The van der Waals surface area contributed by atoms with Crippen LogP contribution in [0.25, 0.3) is 0 Å². The predicted octanol–water partition coefficient (Wildman–Crippen LogP) is 2.09. The lowest BCUT2D eigenvalue weighted by atomic mass is 10.2. The van der Waals surface area contributed by atoms with Crippen LogP contribution in [0.3, 0.4) is 0 Å². The maximum absolute atomic E-state index is 11.7. The van der Waals surface area contributed by atoms with Crippen LogP contribution in [0, 0.1) is 0 Å². The molecule has 0 radical (unpaired) electrons. The zero-order chi connectivity index (χ0) is 12.3. The first kappa shape index (κ1) is 11.3. The van der Waals surface area contributed by atoms with Crippen LogP contribution in [-0.2, 0) is 0 Å². The van der Waals surface area contributed by atoms with Crippen molar-refractivity contribution in [2.75, 3.05) is 5.32 Å². The van der Waals surface area contributed by atoms with Gasteiger partial charge in [-0.15, -0.1) is 0 Å². The van der Waals surface area contributed by atoms with Gasteiger partial charge in [-0.1, -0.05) is 11.6 Å². The lowest BCUT2D eigenvalue weighted by Crippen LogP contribution is -2.12. The number of phenols is 1. The van der Waals surface area contributed by atoms with Gasteiger partial charge in [0.05, 0.1) is 0 Å². The molecule has 0 aliphatic heterocycles. The Morgan fingerprint density at radius 1 is 1.24 bits per heavy atom. The molecule has 1 heterocycles. The molecular weight excluding hydrogens is 242 g/mol. The van der Waals surface area contributed by atoms with E-state index in [-0.39, 0.29) is 16.8 Å². The van der Waals surface area contributed by atoms with Crippen molar-refractivity contribution in [2.24, 2.45) is 0 Å². The molecule has 6 heteroatoms. The summed E-state index contributed by atoms with van der Waals surface area (Å²) in [4.78, 5) is 19.3. The van der Waals surface area contributed by atoms with E-state index in [1.54, 1.807) is 0 Å². The number of amides is 1. The number of carbonyl (C=O) groups is 1. The number of anilines is 1. The van der Waals surface area contributed by atoms with Gasteiger partial charge in [-0.25, -0.2) is 9.97 Å². The molecule has 0 aliphatic rings. The molecule has 2 rings (SSSR count). The number of hydrogen-bond acceptors (Lipinski definition) is 4. The number of hydrogen-bond donors (Lipinski definition) is 2. The highest BCUT2D eigenvalue weighted by molar-refractivity contribution is 6.29. The minimum Gasteiger partial charge on any atom is -0.508 e. The van der Waals surface area contributed by atoms with Crippen molar-refractivity contribution < 1.29 is 9.90 Å². The van der Waals surface area contributed by atoms with E-state index in [1.165, 1.54) is 36.7 Å². The van der Waals surface area contributed by atoms with Crippen LogP contribution in [0.5, 0.6) is 5.75 Å². The number of halogens is 1. The molecule has 0 aliphatic carbocycles. The van der Waals surface area contributed by atoms with E-state index in [9.17, 15) is 4.79 Å². The van der Waals surface area contributed by atoms with Gasteiger partial charge in [0, 0.05) is 11.6 Å². The van der Waals surface area contributed by atoms with Crippen LogP contribution in [0.1, 0.15) is 10.4 Å². The third-order valence-electron chi connectivity index (χ3n) is 2.00. The van der Waals surface area contributed by atoms with Crippen molar-refractivity contribution in [1.29, 1.82) is 0 Å². The third kappa shape index (κ3) is 2.92. The zero-order valence-electron chi connectivity index (χ0n) is 8.59. The summed E-state index contributed by atoms with van der Waals surface area (Å²) >= 11 is 5.66. The Morgan fingerprint density at radius 3 is 2.59 bits per heavy atom. The molecule has 2 aromatic rings. The lowest BCUT2D eigenvalue weighted by Gasteiger charge is -2.04.